The minimum atomic E-state index is -0.968. The van der Waals surface area contributed by atoms with Crippen LogP contribution >= 0.6 is 0 Å². The van der Waals surface area contributed by atoms with Crippen molar-refractivity contribution in [1.29, 1.82) is 0 Å². The molecule has 2 nitrogen and oxygen atoms in total. The first-order valence-electron chi connectivity index (χ1n) is 2.25. The predicted molar refractivity (Wildman–Crippen MR) is 27.6 cm³/mol. The maximum atomic E-state index is 11.9. The fraction of sp³-hybridized carbons (Fsp3) is 1.00. The Bertz CT molecular complexity index is 47.0. The zero-order valence-corrected chi connectivity index (χ0v) is 4.61. The molecule has 0 rings (SSSR count). The highest BCUT2D eigenvalue weighted by molar-refractivity contribution is 4.60. The summed E-state index contributed by atoms with van der Waals surface area (Å²) in [5, 5.41) is 2.57. The summed E-state index contributed by atoms with van der Waals surface area (Å²) in [6.45, 7) is 1.42. The van der Waals surface area contributed by atoms with Gasteiger partial charge in [0.15, 0.2) is 0 Å². The standard InChI is InChI=1S/C4H11FN2/c1-3(5)4(6)7-2/h3-4,7H,6H2,1-2H3/t3-,4?/m1/s1. The zero-order valence-electron chi connectivity index (χ0n) is 4.61. The number of hydrogen-bond acceptors (Lipinski definition) is 2. The third-order valence-corrected chi connectivity index (χ3v) is 0.828. The predicted octanol–water partition coefficient (Wildman–Crippen LogP) is -0.151. The van der Waals surface area contributed by atoms with Gasteiger partial charge in [0.05, 0.1) is 6.17 Å². The van der Waals surface area contributed by atoms with E-state index in [1.54, 1.807) is 7.05 Å². The summed E-state index contributed by atoms with van der Waals surface area (Å²) in [4.78, 5) is 0. The van der Waals surface area contributed by atoms with Crippen LogP contribution in [0.25, 0.3) is 0 Å². The topological polar surface area (TPSA) is 38.0 Å². The molecule has 0 aromatic rings. The van der Waals surface area contributed by atoms with Crippen molar-refractivity contribution in [2.45, 2.75) is 19.3 Å². The van der Waals surface area contributed by atoms with Crippen LogP contribution in [0.15, 0.2) is 0 Å². The van der Waals surface area contributed by atoms with Gasteiger partial charge in [0.1, 0.15) is 6.17 Å². The Balaban J connectivity index is 3.14. The molecule has 2 atom stereocenters. The van der Waals surface area contributed by atoms with E-state index < -0.39 is 12.3 Å². The lowest BCUT2D eigenvalue weighted by Crippen LogP contribution is -2.41. The van der Waals surface area contributed by atoms with Gasteiger partial charge in [0.25, 0.3) is 0 Å². The van der Waals surface area contributed by atoms with Gasteiger partial charge in [-0.1, -0.05) is 0 Å². The molecule has 0 heterocycles. The molecule has 0 fully saturated rings. The van der Waals surface area contributed by atoms with Gasteiger partial charge in [-0.25, -0.2) is 4.39 Å². The molecule has 0 aromatic heterocycles. The van der Waals surface area contributed by atoms with Gasteiger partial charge >= 0.3 is 0 Å². The fourth-order valence-electron chi connectivity index (χ4n) is 0.230. The number of halogens is 1. The molecule has 0 aromatic carbocycles. The second-order valence-electron chi connectivity index (χ2n) is 1.49. The van der Waals surface area contributed by atoms with Crippen molar-refractivity contribution < 1.29 is 4.39 Å². The first-order chi connectivity index (χ1) is 3.18. The molecule has 0 aliphatic carbocycles. The molecule has 44 valence electrons. The van der Waals surface area contributed by atoms with Gasteiger partial charge in [-0.2, -0.15) is 0 Å². The second kappa shape index (κ2) is 2.93. The van der Waals surface area contributed by atoms with Gasteiger partial charge in [0.2, 0.25) is 0 Å². The van der Waals surface area contributed by atoms with Crippen LogP contribution in [0.5, 0.6) is 0 Å². The van der Waals surface area contributed by atoms with Gasteiger partial charge in [-0.15, -0.1) is 0 Å². The number of nitrogens with one attached hydrogen (secondary N) is 1. The number of nitrogens with two attached hydrogens (primary N) is 1. The molecule has 0 spiro atoms. The lowest BCUT2D eigenvalue weighted by Gasteiger charge is -2.09. The van der Waals surface area contributed by atoms with Crippen LogP contribution < -0.4 is 11.1 Å². The lowest BCUT2D eigenvalue weighted by atomic mass is 10.4. The summed E-state index contributed by atoms with van der Waals surface area (Å²) < 4.78 is 11.9. The van der Waals surface area contributed by atoms with Crippen LogP contribution in [0.2, 0.25) is 0 Å². The largest absolute Gasteiger partial charge is 0.313 e. The molecule has 0 saturated heterocycles. The van der Waals surface area contributed by atoms with E-state index in [-0.39, 0.29) is 0 Å². The highest BCUT2D eigenvalue weighted by atomic mass is 19.1. The van der Waals surface area contributed by atoms with Crippen LogP contribution in [0.3, 0.4) is 0 Å². The van der Waals surface area contributed by atoms with Gasteiger partial charge in [-0.3, -0.25) is 0 Å². The average Bonchev–Trinajstić information content (AvgIpc) is 1.65. The lowest BCUT2D eigenvalue weighted by molar-refractivity contribution is 0.283. The monoisotopic (exact) mass is 106 g/mol. The highest BCUT2D eigenvalue weighted by Gasteiger charge is 2.05. The Morgan fingerprint density at radius 2 is 2.14 bits per heavy atom. The van der Waals surface area contributed by atoms with Crippen molar-refractivity contribution in [2.24, 2.45) is 5.73 Å². The van der Waals surface area contributed by atoms with Crippen molar-refractivity contribution in [3.05, 3.63) is 0 Å². The second-order valence-corrected chi connectivity index (χ2v) is 1.49. The van der Waals surface area contributed by atoms with Crippen molar-refractivity contribution in [1.82, 2.24) is 5.32 Å². The van der Waals surface area contributed by atoms with Gasteiger partial charge in [-0.05, 0) is 14.0 Å². The Labute approximate surface area is 42.9 Å². The van der Waals surface area contributed by atoms with E-state index in [0.717, 1.165) is 0 Å². The van der Waals surface area contributed by atoms with Crippen LogP contribution in [0.4, 0.5) is 4.39 Å². The Morgan fingerprint density at radius 1 is 1.71 bits per heavy atom. The fourth-order valence-corrected chi connectivity index (χ4v) is 0.230. The zero-order chi connectivity index (χ0) is 5.86. The van der Waals surface area contributed by atoms with Crippen molar-refractivity contribution in [2.75, 3.05) is 7.05 Å². The first kappa shape index (κ1) is 6.85. The minimum absolute atomic E-state index is 0.514. The summed E-state index contributed by atoms with van der Waals surface area (Å²) in [6, 6.07) is 0. The van der Waals surface area contributed by atoms with Crippen LogP contribution in [-0.4, -0.2) is 19.4 Å². The van der Waals surface area contributed by atoms with Crippen LogP contribution in [0, 0.1) is 0 Å². The maximum absolute atomic E-state index is 11.9. The number of alkyl halides is 1. The van der Waals surface area contributed by atoms with E-state index in [4.69, 9.17) is 5.73 Å². The SMILES string of the molecule is CNC(N)[C@@H](C)F. The highest BCUT2D eigenvalue weighted by Crippen LogP contribution is 1.87. The van der Waals surface area contributed by atoms with Gasteiger partial charge in [0, 0.05) is 0 Å². The molecule has 0 radical (unpaired) electrons. The van der Waals surface area contributed by atoms with Gasteiger partial charge < -0.3 is 11.1 Å². The molecule has 3 N–H and O–H groups in total. The molecule has 0 amide bonds. The quantitative estimate of drug-likeness (QED) is 0.480. The third kappa shape index (κ3) is 2.53. The number of hydrogen-bond donors (Lipinski definition) is 2. The molecule has 0 aliphatic rings. The van der Waals surface area contributed by atoms with Crippen LogP contribution in [0.1, 0.15) is 6.92 Å². The Hall–Kier alpha value is -0.150. The molecular formula is C4H11FN2. The van der Waals surface area contributed by atoms with E-state index >= 15 is 0 Å². The van der Waals surface area contributed by atoms with E-state index in [2.05, 4.69) is 5.32 Å². The maximum Gasteiger partial charge on any atom is 0.125 e. The molecule has 3 heteroatoms. The van der Waals surface area contributed by atoms with E-state index in [1.165, 1.54) is 6.92 Å². The summed E-state index contributed by atoms with van der Waals surface area (Å²) >= 11 is 0. The molecule has 0 bridgehead atoms. The average molecular weight is 106 g/mol. The molecular weight excluding hydrogens is 95.1 g/mol. The Morgan fingerprint density at radius 3 is 2.14 bits per heavy atom. The molecule has 0 saturated carbocycles. The molecule has 7 heavy (non-hydrogen) atoms. The smallest absolute Gasteiger partial charge is 0.125 e. The molecule has 1 unspecified atom stereocenters. The summed E-state index contributed by atoms with van der Waals surface area (Å²) in [6.07, 6.45) is -1.48. The third-order valence-electron chi connectivity index (χ3n) is 0.828. The van der Waals surface area contributed by atoms with Crippen molar-refractivity contribution in [3.8, 4) is 0 Å². The van der Waals surface area contributed by atoms with E-state index in [0.29, 0.717) is 0 Å². The minimum Gasteiger partial charge on any atom is -0.313 e. The van der Waals surface area contributed by atoms with E-state index in [9.17, 15) is 4.39 Å². The first-order valence-corrected chi connectivity index (χ1v) is 2.25. The van der Waals surface area contributed by atoms with E-state index in [1.807, 2.05) is 0 Å². The van der Waals surface area contributed by atoms with Crippen molar-refractivity contribution in [3.63, 3.8) is 0 Å². The van der Waals surface area contributed by atoms with Crippen LogP contribution in [-0.2, 0) is 0 Å². The Kier molecular flexibility index (Phi) is 2.87. The summed E-state index contributed by atoms with van der Waals surface area (Å²) in [5.41, 5.74) is 5.13. The van der Waals surface area contributed by atoms with Crippen molar-refractivity contribution >= 4 is 0 Å². The summed E-state index contributed by atoms with van der Waals surface area (Å²) in [7, 11) is 1.63. The normalized spacial score (nSPS) is 18.9. The summed E-state index contributed by atoms with van der Waals surface area (Å²) in [5.74, 6) is 0. The molecule has 0 aliphatic heterocycles. The number of rotatable bonds is 2.